The van der Waals surface area contributed by atoms with Gasteiger partial charge in [0.25, 0.3) is 5.91 Å². The molecule has 2 aromatic rings. The maximum absolute atomic E-state index is 14.0. The molecule has 1 fully saturated rings. The van der Waals surface area contributed by atoms with Crippen molar-refractivity contribution in [2.45, 2.75) is 26.4 Å². The van der Waals surface area contributed by atoms with Gasteiger partial charge in [0.05, 0.1) is 41.7 Å². The molecule has 0 saturated carbocycles. The molecule has 8 nitrogen and oxygen atoms in total. The number of rotatable bonds is 6. The Bertz CT molecular complexity index is 1090. The summed E-state index contributed by atoms with van der Waals surface area (Å²) in [6, 6.07) is 3.93. The highest BCUT2D eigenvalue weighted by molar-refractivity contribution is 6.31. The lowest BCUT2D eigenvalue weighted by atomic mass is 10.1. The molecule has 3 heterocycles. The molecule has 176 valence electrons. The summed E-state index contributed by atoms with van der Waals surface area (Å²) in [5.41, 5.74) is 8.99. The first-order chi connectivity index (χ1) is 15.8. The predicted molar refractivity (Wildman–Crippen MR) is 122 cm³/mol. The number of nitrogens with zero attached hydrogens (tertiary/aromatic N) is 4. The quantitative estimate of drug-likeness (QED) is 0.659. The highest BCUT2D eigenvalue weighted by Gasteiger charge is 2.31. The van der Waals surface area contributed by atoms with Gasteiger partial charge in [0.1, 0.15) is 17.7 Å². The largest absolute Gasteiger partial charge is 0.488 e. The smallest absolute Gasteiger partial charge is 0.258 e. The number of aromatic nitrogens is 2. The van der Waals surface area contributed by atoms with Crippen molar-refractivity contribution in [2.24, 2.45) is 5.73 Å². The van der Waals surface area contributed by atoms with Crippen molar-refractivity contribution in [2.75, 3.05) is 39.3 Å². The summed E-state index contributed by atoms with van der Waals surface area (Å²) in [5, 5.41) is 9.64. The summed E-state index contributed by atoms with van der Waals surface area (Å²) in [6.07, 6.45) is 0.551. The number of amides is 1. The summed E-state index contributed by atoms with van der Waals surface area (Å²) in [4.78, 5) is 25.9. The molecule has 1 saturated heterocycles. The zero-order valence-electron chi connectivity index (χ0n) is 18.6. The van der Waals surface area contributed by atoms with E-state index in [4.69, 9.17) is 27.2 Å². The highest BCUT2D eigenvalue weighted by Crippen LogP contribution is 2.30. The van der Waals surface area contributed by atoms with Crippen LogP contribution in [0.4, 0.5) is 4.39 Å². The standard InChI is InChI=1S/C23H27ClFN5O3/c1-13-21(24)14(2)28-22(27-13)18-11-30(12-19(18)26)23(32)17-4-3-15(25)9-20(17)33-16-5-6-29(10-16)7-8-31/h3-4,9,16,31H,5-8,10-12,26H2,1-2H3. The van der Waals surface area contributed by atoms with Gasteiger partial charge in [0.2, 0.25) is 0 Å². The van der Waals surface area contributed by atoms with E-state index in [1.807, 2.05) is 0 Å². The van der Waals surface area contributed by atoms with Gasteiger partial charge in [0, 0.05) is 37.0 Å². The molecule has 3 N–H and O–H groups in total. The van der Waals surface area contributed by atoms with Crippen molar-refractivity contribution in [1.29, 1.82) is 0 Å². The second-order valence-electron chi connectivity index (χ2n) is 8.39. The molecule has 2 aliphatic rings. The SMILES string of the molecule is Cc1nc(C2=C(N)CN(C(=O)c3ccc(F)cc3OC3CCN(CCO)C3)C2)nc(C)c1Cl. The number of carbonyl (C=O) groups excluding carboxylic acids is 1. The van der Waals surface area contributed by atoms with Crippen LogP contribution in [-0.4, -0.2) is 76.2 Å². The van der Waals surface area contributed by atoms with Crippen molar-refractivity contribution >= 4 is 23.1 Å². The van der Waals surface area contributed by atoms with Crippen LogP contribution in [0.25, 0.3) is 5.57 Å². The van der Waals surface area contributed by atoms with Crippen LogP contribution in [0.1, 0.15) is 34.0 Å². The number of halogens is 2. The third-order valence-corrected chi connectivity index (χ3v) is 6.50. The molecule has 0 spiro atoms. The predicted octanol–water partition coefficient (Wildman–Crippen LogP) is 2.16. The number of benzene rings is 1. The number of β-amino-alcohol motifs (C(OH)–C–C–N with tert-alkyl or cyclic N) is 1. The van der Waals surface area contributed by atoms with E-state index >= 15 is 0 Å². The molecule has 1 unspecified atom stereocenters. The summed E-state index contributed by atoms with van der Waals surface area (Å²) in [5.74, 6) is -0.132. The van der Waals surface area contributed by atoms with Gasteiger partial charge in [-0.1, -0.05) is 11.6 Å². The minimum absolute atomic E-state index is 0.0680. The zero-order valence-corrected chi connectivity index (χ0v) is 19.4. The molecule has 2 aliphatic heterocycles. The normalized spacial score (nSPS) is 18.9. The van der Waals surface area contributed by atoms with Gasteiger partial charge in [-0.2, -0.15) is 0 Å². The first kappa shape index (κ1) is 23.4. The van der Waals surface area contributed by atoms with Crippen molar-refractivity contribution < 1.29 is 19.0 Å². The molecule has 0 aliphatic carbocycles. The number of likely N-dealkylation sites (tertiary alicyclic amines) is 1. The molecule has 1 aromatic carbocycles. The Balaban J connectivity index is 1.52. The average Bonchev–Trinajstić information content (AvgIpc) is 3.38. The van der Waals surface area contributed by atoms with E-state index in [1.54, 1.807) is 18.7 Å². The summed E-state index contributed by atoms with van der Waals surface area (Å²) in [7, 11) is 0. The Morgan fingerprint density at radius 2 is 2.03 bits per heavy atom. The van der Waals surface area contributed by atoms with Crippen molar-refractivity contribution in [1.82, 2.24) is 19.8 Å². The van der Waals surface area contributed by atoms with Crippen LogP contribution in [0.3, 0.4) is 0 Å². The van der Waals surface area contributed by atoms with E-state index in [0.29, 0.717) is 46.6 Å². The van der Waals surface area contributed by atoms with Gasteiger partial charge in [0.15, 0.2) is 5.82 Å². The molecule has 1 atom stereocenters. The lowest BCUT2D eigenvalue weighted by Gasteiger charge is -2.21. The fourth-order valence-corrected chi connectivity index (χ4v) is 4.29. The second-order valence-corrected chi connectivity index (χ2v) is 8.77. The first-order valence-corrected chi connectivity index (χ1v) is 11.2. The summed E-state index contributed by atoms with van der Waals surface area (Å²) < 4.78 is 20.0. The molecule has 1 aromatic heterocycles. The van der Waals surface area contributed by atoms with Crippen LogP contribution < -0.4 is 10.5 Å². The van der Waals surface area contributed by atoms with Gasteiger partial charge < -0.3 is 20.5 Å². The van der Waals surface area contributed by atoms with Crippen LogP contribution in [0.5, 0.6) is 5.75 Å². The maximum Gasteiger partial charge on any atom is 0.258 e. The van der Waals surface area contributed by atoms with Gasteiger partial charge in [-0.15, -0.1) is 0 Å². The van der Waals surface area contributed by atoms with Gasteiger partial charge in [-0.05, 0) is 32.4 Å². The number of nitrogens with two attached hydrogens (primary N) is 1. The number of aryl methyl sites for hydroxylation is 2. The molecule has 10 heteroatoms. The molecule has 1 amide bonds. The Labute approximate surface area is 196 Å². The molecule has 33 heavy (non-hydrogen) atoms. The third-order valence-electron chi connectivity index (χ3n) is 5.95. The first-order valence-electron chi connectivity index (χ1n) is 10.8. The Kier molecular flexibility index (Phi) is 6.83. The second kappa shape index (κ2) is 9.62. The van der Waals surface area contributed by atoms with E-state index in [-0.39, 0.29) is 43.0 Å². The molecular formula is C23H27ClFN5O3. The molecular weight excluding hydrogens is 449 g/mol. The summed E-state index contributed by atoms with van der Waals surface area (Å²) in [6.45, 7) is 6.04. The van der Waals surface area contributed by atoms with E-state index in [0.717, 1.165) is 13.0 Å². The van der Waals surface area contributed by atoms with Crippen molar-refractivity contribution in [3.05, 3.63) is 57.5 Å². The van der Waals surface area contributed by atoms with Crippen molar-refractivity contribution in [3.63, 3.8) is 0 Å². The van der Waals surface area contributed by atoms with E-state index in [1.165, 1.54) is 18.2 Å². The summed E-state index contributed by atoms with van der Waals surface area (Å²) >= 11 is 6.18. The van der Waals surface area contributed by atoms with E-state index in [9.17, 15) is 9.18 Å². The van der Waals surface area contributed by atoms with Gasteiger partial charge >= 0.3 is 0 Å². The van der Waals surface area contributed by atoms with Crippen LogP contribution in [0.2, 0.25) is 5.02 Å². The van der Waals surface area contributed by atoms with Gasteiger partial charge in [-0.3, -0.25) is 9.69 Å². The van der Waals surface area contributed by atoms with Crippen LogP contribution in [0.15, 0.2) is 23.9 Å². The van der Waals surface area contributed by atoms with E-state index < -0.39 is 5.82 Å². The lowest BCUT2D eigenvalue weighted by Crippen LogP contribution is -2.31. The fourth-order valence-electron chi connectivity index (χ4n) is 4.20. The minimum atomic E-state index is -0.480. The number of hydrogen-bond acceptors (Lipinski definition) is 7. The molecule has 0 bridgehead atoms. The minimum Gasteiger partial charge on any atom is -0.488 e. The van der Waals surface area contributed by atoms with Crippen LogP contribution in [-0.2, 0) is 0 Å². The van der Waals surface area contributed by atoms with Gasteiger partial charge in [-0.25, -0.2) is 14.4 Å². The van der Waals surface area contributed by atoms with Crippen LogP contribution >= 0.6 is 11.6 Å². The lowest BCUT2D eigenvalue weighted by molar-refractivity contribution is 0.0791. The fraction of sp³-hybridized carbons (Fsp3) is 0.435. The number of hydrogen-bond donors (Lipinski definition) is 2. The Morgan fingerprint density at radius 1 is 1.30 bits per heavy atom. The Morgan fingerprint density at radius 3 is 2.73 bits per heavy atom. The number of carbonyl (C=O) groups is 1. The highest BCUT2D eigenvalue weighted by atomic mass is 35.5. The maximum atomic E-state index is 14.0. The molecule has 0 radical (unpaired) electrons. The number of ether oxygens (including phenoxy) is 1. The molecule has 4 rings (SSSR count). The topological polar surface area (TPSA) is 105 Å². The average molecular weight is 476 g/mol. The monoisotopic (exact) mass is 475 g/mol. The zero-order chi connectivity index (χ0) is 23.7. The van der Waals surface area contributed by atoms with E-state index in [2.05, 4.69) is 14.9 Å². The van der Waals surface area contributed by atoms with Crippen LogP contribution in [0, 0.1) is 19.7 Å². The number of aliphatic hydroxyl groups excluding tert-OH is 1. The third kappa shape index (κ3) is 4.95. The Hall–Kier alpha value is -2.75. The number of aliphatic hydroxyl groups is 1. The van der Waals surface area contributed by atoms with Crippen molar-refractivity contribution in [3.8, 4) is 5.75 Å².